The average Bonchev–Trinajstić information content (AvgIpc) is 2.41. The first kappa shape index (κ1) is 13.4. The molecule has 0 aliphatic carbocycles. The van der Waals surface area contributed by atoms with E-state index in [9.17, 15) is 0 Å². The van der Waals surface area contributed by atoms with Gasteiger partial charge in [0.15, 0.2) is 0 Å². The Bertz CT molecular complexity index is 523. The van der Waals surface area contributed by atoms with Crippen LogP contribution in [0.3, 0.4) is 0 Å². The van der Waals surface area contributed by atoms with E-state index < -0.39 is 0 Å². The molecule has 0 unspecified atom stereocenters. The number of hydrogen-bond acceptors (Lipinski definition) is 1. The minimum atomic E-state index is 0.729. The van der Waals surface area contributed by atoms with Crippen molar-refractivity contribution >= 4 is 33.2 Å². The molecule has 0 saturated carbocycles. The molecule has 0 amide bonds. The highest BCUT2D eigenvalue weighted by Crippen LogP contribution is 2.25. The molecule has 2 rings (SSSR count). The van der Waals surface area contributed by atoms with Gasteiger partial charge in [0.25, 0.3) is 0 Å². The summed E-state index contributed by atoms with van der Waals surface area (Å²) in [6, 6.07) is 14.5. The highest BCUT2D eigenvalue weighted by Gasteiger charge is 1.99. The maximum atomic E-state index is 5.96. The van der Waals surface area contributed by atoms with Gasteiger partial charge in [-0.1, -0.05) is 42.8 Å². The highest BCUT2D eigenvalue weighted by atomic mass is 79.9. The number of nitrogens with one attached hydrogen (secondary N) is 1. The minimum Gasteiger partial charge on any atom is -0.381 e. The zero-order chi connectivity index (χ0) is 13.0. The monoisotopic (exact) mass is 323 g/mol. The van der Waals surface area contributed by atoms with Crippen molar-refractivity contribution in [1.29, 1.82) is 0 Å². The van der Waals surface area contributed by atoms with E-state index in [1.54, 1.807) is 0 Å². The SMILES string of the molecule is CCc1ccc(CNc2ccc(Cl)c(Br)c2)cc1. The van der Waals surface area contributed by atoms with Gasteiger partial charge in [-0.15, -0.1) is 0 Å². The predicted octanol–water partition coefficient (Wildman–Crippen LogP) is 5.28. The fraction of sp³-hybridized carbons (Fsp3) is 0.200. The molecule has 18 heavy (non-hydrogen) atoms. The zero-order valence-corrected chi connectivity index (χ0v) is 12.6. The Kier molecular flexibility index (Phi) is 4.67. The predicted molar refractivity (Wildman–Crippen MR) is 82.3 cm³/mol. The van der Waals surface area contributed by atoms with E-state index in [0.29, 0.717) is 0 Å². The Morgan fingerprint density at radius 3 is 2.33 bits per heavy atom. The molecule has 0 fully saturated rings. The number of aryl methyl sites for hydroxylation is 1. The van der Waals surface area contributed by atoms with E-state index >= 15 is 0 Å². The number of benzene rings is 2. The van der Waals surface area contributed by atoms with Gasteiger partial charge in [0, 0.05) is 16.7 Å². The highest BCUT2D eigenvalue weighted by molar-refractivity contribution is 9.10. The topological polar surface area (TPSA) is 12.0 Å². The van der Waals surface area contributed by atoms with Crippen molar-refractivity contribution in [2.24, 2.45) is 0 Å². The van der Waals surface area contributed by atoms with Crippen LogP contribution < -0.4 is 5.32 Å². The van der Waals surface area contributed by atoms with Gasteiger partial charge in [-0.3, -0.25) is 0 Å². The van der Waals surface area contributed by atoms with E-state index in [-0.39, 0.29) is 0 Å². The van der Waals surface area contributed by atoms with Crippen LogP contribution in [0.25, 0.3) is 0 Å². The van der Waals surface area contributed by atoms with E-state index in [2.05, 4.69) is 52.4 Å². The molecule has 0 aliphatic heterocycles. The standard InChI is InChI=1S/C15H15BrClN/c1-2-11-3-5-12(6-4-11)10-18-13-7-8-15(17)14(16)9-13/h3-9,18H,2,10H2,1H3. The third-order valence-electron chi connectivity index (χ3n) is 2.85. The lowest BCUT2D eigenvalue weighted by Gasteiger charge is -2.08. The van der Waals surface area contributed by atoms with Crippen LogP contribution >= 0.6 is 27.5 Å². The second-order valence-corrected chi connectivity index (χ2v) is 5.41. The van der Waals surface area contributed by atoms with Crippen LogP contribution in [-0.2, 0) is 13.0 Å². The lowest BCUT2D eigenvalue weighted by atomic mass is 10.1. The van der Waals surface area contributed by atoms with Crippen LogP contribution in [0.15, 0.2) is 46.9 Å². The molecular formula is C15H15BrClN. The molecule has 0 bridgehead atoms. The van der Waals surface area contributed by atoms with Crippen LogP contribution in [-0.4, -0.2) is 0 Å². The van der Waals surface area contributed by atoms with Crippen molar-refractivity contribution < 1.29 is 0 Å². The Morgan fingerprint density at radius 2 is 1.72 bits per heavy atom. The largest absolute Gasteiger partial charge is 0.381 e. The molecular weight excluding hydrogens is 310 g/mol. The van der Waals surface area contributed by atoms with Crippen molar-refractivity contribution in [3.63, 3.8) is 0 Å². The molecule has 0 heterocycles. The maximum Gasteiger partial charge on any atom is 0.0549 e. The lowest BCUT2D eigenvalue weighted by molar-refractivity contribution is 1.11. The van der Waals surface area contributed by atoms with Gasteiger partial charge in [0.1, 0.15) is 0 Å². The van der Waals surface area contributed by atoms with Gasteiger partial charge >= 0.3 is 0 Å². The molecule has 0 aliphatic rings. The summed E-state index contributed by atoms with van der Waals surface area (Å²) >= 11 is 9.38. The van der Waals surface area contributed by atoms with E-state index in [1.165, 1.54) is 11.1 Å². The first-order chi connectivity index (χ1) is 8.69. The molecule has 2 aromatic carbocycles. The van der Waals surface area contributed by atoms with E-state index in [1.807, 2.05) is 18.2 Å². The van der Waals surface area contributed by atoms with Crippen LogP contribution in [0.4, 0.5) is 5.69 Å². The van der Waals surface area contributed by atoms with Gasteiger partial charge in [0.05, 0.1) is 5.02 Å². The third-order valence-corrected chi connectivity index (χ3v) is 4.06. The summed E-state index contributed by atoms with van der Waals surface area (Å²) in [6.45, 7) is 2.98. The Balaban J connectivity index is 1.99. The quantitative estimate of drug-likeness (QED) is 0.807. The molecule has 2 aromatic rings. The van der Waals surface area contributed by atoms with Crippen LogP contribution in [0, 0.1) is 0 Å². The molecule has 94 valence electrons. The van der Waals surface area contributed by atoms with Crippen LogP contribution in [0.5, 0.6) is 0 Å². The maximum absolute atomic E-state index is 5.96. The van der Waals surface area contributed by atoms with Gasteiger partial charge in [-0.2, -0.15) is 0 Å². The molecule has 0 radical (unpaired) electrons. The summed E-state index contributed by atoms with van der Waals surface area (Å²) < 4.78 is 0.912. The fourth-order valence-corrected chi connectivity index (χ4v) is 2.20. The second-order valence-electron chi connectivity index (χ2n) is 4.15. The van der Waals surface area contributed by atoms with E-state index in [4.69, 9.17) is 11.6 Å². The minimum absolute atomic E-state index is 0.729. The average molecular weight is 325 g/mol. The van der Waals surface area contributed by atoms with Crippen molar-refractivity contribution in [2.75, 3.05) is 5.32 Å². The van der Waals surface area contributed by atoms with Crippen LogP contribution in [0.1, 0.15) is 18.1 Å². The smallest absolute Gasteiger partial charge is 0.0549 e. The molecule has 3 heteroatoms. The number of anilines is 1. The molecule has 0 atom stereocenters. The Labute approximate surface area is 121 Å². The van der Waals surface area contributed by atoms with Crippen molar-refractivity contribution in [1.82, 2.24) is 0 Å². The fourth-order valence-electron chi connectivity index (χ4n) is 1.70. The van der Waals surface area contributed by atoms with Crippen LogP contribution in [0.2, 0.25) is 5.02 Å². The third kappa shape index (κ3) is 3.50. The van der Waals surface area contributed by atoms with E-state index in [0.717, 1.165) is 28.1 Å². The zero-order valence-electron chi connectivity index (χ0n) is 10.2. The first-order valence-corrected chi connectivity index (χ1v) is 7.13. The molecule has 1 nitrogen and oxygen atoms in total. The molecule has 0 aromatic heterocycles. The van der Waals surface area contributed by atoms with Crippen molar-refractivity contribution in [3.8, 4) is 0 Å². The Hall–Kier alpha value is -0.990. The summed E-state index contributed by atoms with van der Waals surface area (Å²) in [7, 11) is 0. The molecule has 1 N–H and O–H groups in total. The summed E-state index contributed by atoms with van der Waals surface area (Å²) in [4.78, 5) is 0. The first-order valence-electron chi connectivity index (χ1n) is 5.96. The van der Waals surface area contributed by atoms with Gasteiger partial charge < -0.3 is 5.32 Å². The van der Waals surface area contributed by atoms with Gasteiger partial charge in [0.2, 0.25) is 0 Å². The second kappa shape index (κ2) is 6.26. The van der Waals surface area contributed by atoms with Crippen molar-refractivity contribution in [3.05, 3.63) is 63.1 Å². The summed E-state index contributed by atoms with van der Waals surface area (Å²) in [5, 5.41) is 4.11. The number of rotatable bonds is 4. The number of hydrogen-bond donors (Lipinski definition) is 1. The Morgan fingerprint density at radius 1 is 1.06 bits per heavy atom. The number of halogens is 2. The lowest BCUT2D eigenvalue weighted by Crippen LogP contribution is -1.99. The summed E-state index contributed by atoms with van der Waals surface area (Å²) in [6.07, 6.45) is 1.08. The normalized spacial score (nSPS) is 10.4. The van der Waals surface area contributed by atoms with Gasteiger partial charge in [-0.05, 0) is 51.7 Å². The molecule has 0 spiro atoms. The summed E-state index contributed by atoms with van der Waals surface area (Å²) in [5.74, 6) is 0. The molecule has 0 saturated heterocycles. The summed E-state index contributed by atoms with van der Waals surface area (Å²) in [5.41, 5.74) is 3.71. The van der Waals surface area contributed by atoms with Crippen molar-refractivity contribution in [2.45, 2.75) is 19.9 Å². The van der Waals surface area contributed by atoms with Gasteiger partial charge in [-0.25, -0.2) is 0 Å².